The van der Waals surface area contributed by atoms with Crippen molar-refractivity contribution in [3.8, 4) is 0 Å². The van der Waals surface area contributed by atoms with Crippen molar-refractivity contribution in [3.05, 3.63) is 70.9 Å². The number of benzene rings is 2. The van der Waals surface area contributed by atoms with Gasteiger partial charge in [-0.2, -0.15) is 0 Å². The Morgan fingerprint density at radius 1 is 1.08 bits per heavy atom. The third kappa shape index (κ3) is 3.01. The van der Waals surface area contributed by atoms with Gasteiger partial charge in [0.2, 0.25) is 0 Å². The Labute approximate surface area is 139 Å². The van der Waals surface area contributed by atoms with Gasteiger partial charge in [-0.25, -0.2) is 4.79 Å². The molecule has 0 aliphatic heterocycles. The summed E-state index contributed by atoms with van der Waals surface area (Å²) in [4.78, 5) is 27.4. The summed E-state index contributed by atoms with van der Waals surface area (Å²) < 4.78 is 4.83. The van der Waals surface area contributed by atoms with E-state index in [2.05, 4.69) is 10.3 Å². The highest BCUT2D eigenvalue weighted by molar-refractivity contribution is 5.99. The fourth-order valence-corrected chi connectivity index (χ4v) is 2.64. The number of fused-ring (bicyclic) bond motifs is 1. The molecular weight excluding hydrogens is 304 g/mol. The molecule has 0 aliphatic rings. The maximum absolute atomic E-state index is 12.3. The number of hydrogen-bond acceptors (Lipinski definition) is 3. The highest BCUT2D eigenvalue weighted by atomic mass is 16.5. The van der Waals surface area contributed by atoms with Crippen LogP contribution in [0.1, 0.15) is 32.0 Å². The number of methoxy groups -OCH3 is 1. The number of hydrogen-bond donors (Lipinski definition) is 2. The first-order chi connectivity index (χ1) is 11.6. The summed E-state index contributed by atoms with van der Waals surface area (Å²) in [5.41, 5.74) is 3.59. The molecule has 24 heavy (non-hydrogen) atoms. The van der Waals surface area contributed by atoms with E-state index in [-0.39, 0.29) is 12.5 Å². The van der Waals surface area contributed by atoms with Crippen molar-refractivity contribution in [3.63, 3.8) is 0 Å². The molecule has 122 valence electrons. The Balaban J connectivity index is 1.87. The molecule has 0 bridgehead atoms. The molecule has 0 fully saturated rings. The predicted molar refractivity (Wildman–Crippen MR) is 92.0 cm³/mol. The maximum atomic E-state index is 12.3. The van der Waals surface area contributed by atoms with Crippen LogP contribution in [-0.4, -0.2) is 24.0 Å². The number of esters is 1. The van der Waals surface area contributed by atoms with Crippen molar-refractivity contribution in [2.45, 2.75) is 13.5 Å². The molecule has 0 saturated heterocycles. The van der Waals surface area contributed by atoms with Crippen LogP contribution in [0.2, 0.25) is 0 Å². The Morgan fingerprint density at radius 3 is 2.50 bits per heavy atom. The molecule has 1 amide bonds. The van der Waals surface area contributed by atoms with Crippen LogP contribution < -0.4 is 5.32 Å². The monoisotopic (exact) mass is 322 g/mol. The molecule has 3 rings (SSSR count). The second kappa shape index (κ2) is 6.58. The number of carbonyl (C=O) groups excluding carboxylic acids is 2. The summed E-state index contributed by atoms with van der Waals surface area (Å²) in [5, 5.41) is 3.76. The lowest BCUT2D eigenvalue weighted by Crippen LogP contribution is -2.23. The van der Waals surface area contributed by atoms with Crippen molar-refractivity contribution < 1.29 is 14.3 Å². The van der Waals surface area contributed by atoms with E-state index < -0.39 is 5.97 Å². The quantitative estimate of drug-likeness (QED) is 0.725. The third-order valence-corrected chi connectivity index (χ3v) is 3.94. The smallest absolute Gasteiger partial charge is 0.354 e. The van der Waals surface area contributed by atoms with E-state index in [0.717, 1.165) is 22.0 Å². The molecule has 2 aromatic carbocycles. The van der Waals surface area contributed by atoms with Crippen LogP contribution in [0.25, 0.3) is 10.9 Å². The fourth-order valence-electron chi connectivity index (χ4n) is 2.64. The predicted octanol–water partition coefficient (Wildman–Crippen LogP) is 3.19. The number of H-pyrrole nitrogens is 1. The molecule has 0 aliphatic carbocycles. The molecule has 5 nitrogen and oxygen atoms in total. The summed E-state index contributed by atoms with van der Waals surface area (Å²) in [6.07, 6.45) is 0. The topological polar surface area (TPSA) is 71.2 Å². The number of rotatable bonds is 4. The normalized spacial score (nSPS) is 10.6. The Bertz CT molecular complexity index is 895. The molecule has 0 unspecified atom stereocenters. The van der Waals surface area contributed by atoms with E-state index in [9.17, 15) is 9.59 Å². The number of aromatic nitrogens is 1. The summed E-state index contributed by atoms with van der Waals surface area (Å²) in [6, 6.07) is 14.9. The number of amides is 1. The SMILES string of the molecule is COC(=O)c1[nH]c2ccccc2c1CNC(=O)c1ccc(C)cc1. The van der Waals surface area contributed by atoms with E-state index in [1.165, 1.54) is 7.11 Å². The molecule has 1 heterocycles. The number of ether oxygens (including phenoxy) is 1. The van der Waals surface area contributed by atoms with E-state index in [0.29, 0.717) is 11.3 Å². The minimum absolute atomic E-state index is 0.184. The molecular formula is C19H18N2O3. The van der Waals surface area contributed by atoms with Crippen LogP contribution in [-0.2, 0) is 11.3 Å². The lowest BCUT2D eigenvalue weighted by Gasteiger charge is -2.07. The lowest BCUT2D eigenvalue weighted by atomic mass is 10.1. The van der Waals surface area contributed by atoms with Crippen LogP contribution in [0.15, 0.2) is 48.5 Å². The first-order valence-electron chi connectivity index (χ1n) is 7.63. The molecule has 0 radical (unpaired) electrons. The van der Waals surface area contributed by atoms with Crippen molar-refractivity contribution in [1.29, 1.82) is 0 Å². The minimum Gasteiger partial charge on any atom is -0.464 e. The van der Waals surface area contributed by atoms with Gasteiger partial charge in [0.05, 0.1) is 7.11 Å². The number of para-hydroxylation sites is 1. The van der Waals surface area contributed by atoms with Gasteiger partial charge >= 0.3 is 5.97 Å². The zero-order valence-electron chi connectivity index (χ0n) is 13.6. The lowest BCUT2D eigenvalue weighted by molar-refractivity contribution is 0.0593. The van der Waals surface area contributed by atoms with Crippen LogP contribution >= 0.6 is 0 Å². The molecule has 0 spiro atoms. The number of aryl methyl sites for hydroxylation is 1. The Hall–Kier alpha value is -3.08. The highest BCUT2D eigenvalue weighted by Crippen LogP contribution is 2.23. The van der Waals surface area contributed by atoms with Gasteiger partial charge in [-0.1, -0.05) is 35.9 Å². The van der Waals surface area contributed by atoms with Crippen LogP contribution in [0.4, 0.5) is 0 Å². The van der Waals surface area contributed by atoms with E-state index in [4.69, 9.17) is 4.74 Å². The number of aromatic amines is 1. The van der Waals surface area contributed by atoms with Crippen molar-refractivity contribution in [2.75, 3.05) is 7.11 Å². The molecule has 3 aromatic rings. The summed E-state index contributed by atoms with van der Waals surface area (Å²) >= 11 is 0. The maximum Gasteiger partial charge on any atom is 0.354 e. The molecule has 1 aromatic heterocycles. The summed E-state index contributed by atoms with van der Waals surface area (Å²) in [5.74, 6) is -0.637. The largest absolute Gasteiger partial charge is 0.464 e. The minimum atomic E-state index is -0.453. The first kappa shape index (κ1) is 15.8. The van der Waals surface area contributed by atoms with Crippen molar-refractivity contribution in [2.24, 2.45) is 0 Å². The zero-order chi connectivity index (χ0) is 17.1. The fraction of sp³-hybridized carbons (Fsp3) is 0.158. The number of carbonyl (C=O) groups is 2. The van der Waals surface area contributed by atoms with Crippen molar-refractivity contribution in [1.82, 2.24) is 10.3 Å². The molecule has 5 heteroatoms. The Morgan fingerprint density at radius 2 is 1.79 bits per heavy atom. The van der Waals surface area contributed by atoms with Crippen LogP contribution in [0.3, 0.4) is 0 Å². The highest BCUT2D eigenvalue weighted by Gasteiger charge is 2.18. The standard InChI is InChI=1S/C19H18N2O3/c1-12-7-9-13(10-8-12)18(22)20-11-15-14-5-3-4-6-16(14)21-17(15)19(23)24-2/h3-10,21H,11H2,1-2H3,(H,20,22). The number of nitrogens with one attached hydrogen (secondary N) is 2. The van der Waals surface area contributed by atoms with Gasteiger partial charge in [0, 0.05) is 28.6 Å². The Kier molecular flexibility index (Phi) is 4.33. The third-order valence-electron chi connectivity index (χ3n) is 3.94. The van der Waals surface area contributed by atoms with Crippen LogP contribution in [0, 0.1) is 6.92 Å². The second-order valence-corrected chi connectivity index (χ2v) is 5.56. The first-order valence-corrected chi connectivity index (χ1v) is 7.63. The summed E-state index contributed by atoms with van der Waals surface area (Å²) in [6.45, 7) is 2.21. The van der Waals surface area contributed by atoms with Gasteiger partial charge in [-0.3, -0.25) is 4.79 Å². The van der Waals surface area contributed by atoms with Gasteiger partial charge in [-0.15, -0.1) is 0 Å². The van der Waals surface area contributed by atoms with Gasteiger partial charge in [0.15, 0.2) is 0 Å². The molecule has 0 atom stereocenters. The van der Waals surface area contributed by atoms with Gasteiger partial charge < -0.3 is 15.0 Å². The second-order valence-electron chi connectivity index (χ2n) is 5.56. The molecule has 0 saturated carbocycles. The summed E-state index contributed by atoms with van der Waals surface area (Å²) in [7, 11) is 1.34. The van der Waals surface area contributed by atoms with Gasteiger partial charge in [0.25, 0.3) is 5.91 Å². The van der Waals surface area contributed by atoms with Crippen LogP contribution in [0.5, 0.6) is 0 Å². The average molecular weight is 322 g/mol. The van der Waals surface area contributed by atoms with E-state index in [1.54, 1.807) is 12.1 Å². The average Bonchev–Trinajstić information content (AvgIpc) is 2.98. The van der Waals surface area contributed by atoms with Gasteiger partial charge in [0.1, 0.15) is 5.69 Å². The zero-order valence-corrected chi connectivity index (χ0v) is 13.6. The van der Waals surface area contributed by atoms with Gasteiger partial charge in [-0.05, 0) is 25.1 Å². The van der Waals surface area contributed by atoms with E-state index >= 15 is 0 Å². The molecule has 2 N–H and O–H groups in total. The van der Waals surface area contributed by atoms with Crippen molar-refractivity contribution >= 4 is 22.8 Å². The van der Waals surface area contributed by atoms with E-state index in [1.807, 2.05) is 43.3 Å².